The first-order chi connectivity index (χ1) is 16.0. The number of ether oxygens (including phenoxy) is 1. The van der Waals surface area contributed by atoms with E-state index in [4.69, 9.17) is 15.6 Å². The van der Waals surface area contributed by atoms with E-state index < -0.39 is 23.6 Å². The molecule has 1 aromatic rings. The van der Waals surface area contributed by atoms with Crippen LogP contribution in [0.15, 0.2) is 34.0 Å². The van der Waals surface area contributed by atoms with Gasteiger partial charge in [-0.2, -0.15) is 0 Å². The molecule has 9 heteroatoms. The number of aromatic amines is 1. The van der Waals surface area contributed by atoms with Crippen molar-refractivity contribution in [1.82, 2.24) is 14.9 Å². The van der Waals surface area contributed by atoms with Crippen molar-refractivity contribution in [1.29, 1.82) is 0 Å². The van der Waals surface area contributed by atoms with Crippen LogP contribution in [0, 0.1) is 0 Å². The van der Waals surface area contributed by atoms with Crippen molar-refractivity contribution in [2.45, 2.75) is 76.5 Å². The highest BCUT2D eigenvalue weighted by Crippen LogP contribution is 2.19. The zero-order valence-corrected chi connectivity index (χ0v) is 19.3. The molecule has 184 valence electrons. The first-order valence-corrected chi connectivity index (χ1v) is 12.0. The number of nitrogens with one attached hydrogen (secondary N) is 2. The first-order valence-electron chi connectivity index (χ1n) is 12.0. The average molecular weight is 463 g/mol. The third kappa shape index (κ3) is 9.89. The van der Waals surface area contributed by atoms with Crippen molar-refractivity contribution < 1.29 is 14.6 Å². The van der Waals surface area contributed by atoms with Gasteiger partial charge in [0.25, 0.3) is 5.56 Å². The van der Waals surface area contributed by atoms with Gasteiger partial charge in [-0.05, 0) is 31.5 Å². The summed E-state index contributed by atoms with van der Waals surface area (Å²) in [5.74, 6) is -0.290. The van der Waals surface area contributed by atoms with E-state index in [-0.39, 0.29) is 18.1 Å². The number of aromatic nitrogens is 2. The molecule has 0 aliphatic carbocycles. The van der Waals surface area contributed by atoms with Gasteiger partial charge in [0.05, 0.1) is 12.2 Å². The number of rotatable bonds is 16. The molecule has 5 N–H and O–H groups in total. The Morgan fingerprint density at radius 2 is 1.70 bits per heavy atom. The topological polar surface area (TPSA) is 139 Å². The zero-order chi connectivity index (χ0) is 23.9. The van der Waals surface area contributed by atoms with Gasteiger partial charge < -0.3 is 20.9 Å². The Kier molecular flexibility index (Phi) is 12.5. The second-order valence-corrected chi connectivity index (χ2v) is 8.33. The number of H-pyrrole nitrogens is 1. The fraction of sp³-hybridized carbons (Fsp3) is 0.625. The highest BCUT2D eigenvalue weighted by Gasteiger charge is 2.21. The number of nitrogens with two attached hydrogens (primary N) is 1. The van der Waals surface area contributed by atoms with E-state index in [0.29, 0.717) is 6.54 Å². The molecule has 2 atom stereocenters. The summed E-state index contributed by atoms with van der Waals surface area (Å²) in [6.07, 6.45) is 17.9. The van der Waals surface area contributed by atoms with Crippen LogP contribution in [0.5, 0.6) is 0 Å². The van der Waals surface area contributed by atoms with E-state index >= 15 is 0 Å². The van der Waals surface area contributed by atoms with Crippen LogP contribution in [-0.4, -0.2) is 46.4 Å². The van der Waals surface area contributed by atoms with Crippen LogP contribution in [0.2, 0.25) is 0 Å². The van der Waals surface area contributed by atoms with E-state index in [0.717, 1.165) is 25.8 Å². The summed E-state index contributed by atoms with van der Waals surface area (Å²) in [5, 5.41) is 12.0. The molecule has 0 unspecified atom stereocenters. The van der Waals surface area contributed by atoms with E-state index in [1.807, 2.05) is 0 Å². The summed E-state index contributed by atoms with van der Waals surface area (Å²) in [7, 11) is 0. The number of aliphatic hydroxyl groups is 1. The highest BCUT2D eigenvalue weighted by molar-refractivity contribution is 5.91. The van der Waals surface area contributed by atoms with Gasteiger partial charge in [-0.25, -0.2) is 4.79 Å². The third-order valence-corrected chi connectivity index (χ3v) is 5.60. The van der Waals surface area contributed by atoms with Crippen LogP contribution in [-0.2, 0) is 9.53 Å². The Morgan fingerprint density at radius 1 is 1.06 bits per heavy atom. The fourth-order valence-electron chi connectivity index (χ4n) is 3.68. The van der Waals surface area contributed by atoms with Gasteiger partial charge in [0, 0.05) is 18.8 Å². The summed E-state index contributed by atoms with van der Waals surface area (Å²) in [6, 6.07) is 0. The number of carbonyl (C=O) groups excluding carboxylic acids is 1. The SMILES string of the molecule is NCCCCCCCCCCCCNC(=O)/C=C/c1cn([C@@H]2C=C[C@H](CO)O2)c(=O)[nH]c1=O. The van der Waals surface area contributed by atoms with Gasteiger partial charge in [0.15, 0.2) is 6.23 Å². The Labute approximate surface area is 194 Å². The Bertz CT molecular complexity index is 890. The fourth-order valence-corrected chi connectivity index (χ4v) is 3.68. The maximum Gasteiger partial charge on any atom is 0.330 e. The maximum atomic E-state index is 12.1. The smallest absolute Gasteiger partial charge is 0.330 e. The van der Waals surface area contributed by atoms with Gasteiger partial charge >= 0.3 is 5.69 Å². The van der Waals surface area contributed by atoms with Crippen molar-refractivity contribution in [2.75, 3.05) is 19.7 Å². The van der Waals surface area contributed by atoms with Crippen molar-refractivity contribution in [3.63, 3.8) is 0 Å². The van der Waals surface area contributed by atoms with Crippen LogP contribution in [0.3, 0.4) is 0 Å². The Hall–Kier alpha value is -2.49. The van der Waals surface area contributed by atoms with Crippen LogP contribution in [0.25, 0.3) is 6.08 Å². The lowest BCUT2D eigenvalue weighted by molar-refractivity contribution is -0.116. The maximum absolute atomic E-state index is 12.1. The Morgan fingerprint density at radius 3 is 2.30 bits per heavy atom. The average Bonchev–Trinajstić information content (AvgIpc) is 3.28. The van der Waals surface area contributed by atoms with E-state index in [2.05, 4.69) is 10.3 Å². The zero-order valence-electron chi connectivity index (χ0n) is 19.3. The lowest BCUT2D eigenvalue weighted by Gasteiger charge is -2.15. The summed E-state index contributed by atoms with van der Waals surface area (Å²) < 4.78 is 6.71. The molecular formula is C24H38N4O5. The molecule has 1 aromatic heterocycles. The van der Waals surface area contributed by atoms with Crippen LogP contribution >= 0.6 is 0 Å². The number of unbranched alkanes of at least 4 members (excludes halogenated alkanes) is 9. The molecule has 0 radical (unpaired) electrons. The van der Waals surface area contributed by atoms with Crippen molar-refractivity contribution in [2.24, 2.45) is 5.73 Å². The minimum absolute atomic E-state index is 0.164. The van der Waals surface area contributed by atoms with Gasteiger partial charge in [-0.15, -0.1) is 0 Å². The first kappa shape index (κ1) is 26.8. The van der Waals surface area contributed by atoms with Crippen molar-refractivity contribution in [3.05, 3.63) is 50.8 Å². The number of amides is 1. The number of aliphatic hydroxyl groups excluding tert-OH is 1. The number of hydrogen-bond acceptors (Lipinski definition) is 6. The standard InChI is InChI=1S/C24H38N4O5/c25-15-9-7-5-3-1-2-4-6-8-10-16-26-21(30)13-11-19-17-28(24(32)27-23(19)31)22-14-12-20(18-29)33-22/h11-14,17,20,22,29H,1-10,15-16,18,25H2,(H,26,30)(H,27,31,32)/b13-11+/t20-,22+/m1/s1. The molecule has 1 aliphatic heterocycles. The number of carbonyl (C=O) groups is 1. The largest absolute Gasteiger partial charge is 0.393 e. The molecule has 0 aromatic carbocycles. The van der Waals surface area contributed by atoms with Crippen LogP contribution < -0.4 is 22.3 Å². The molecule has 2 heterocycles. The monoisotopic (exact) mass is 462 g/mol. The molecule has 2 rings (SSSR count). The molecule has 9 nitrogen and oxygen atoms in total. The summed E-state index contributed by atoms with van der Waals surface area (Å²) >= 11 is 0. The van der Waals surface area contributed by atoms with Gasteiger partial charge in [-0.1, -0.05) is 57.4 Å². The Balaban J connectivity index is 1.66. The predicted octanol–water partition coefficient (Wildman–Crippen LogP) is 1.97. The van der Waals surface area contributed by atoms with Gasteiger partial charge in [-0.3, -0.25) is 19.1 Å². The van der Waals surface area contributed by atoms with E-state index in [1.54, 1.807) is 12.2 Å². The second-order valence-electron chi connectivity index (χ2n) is 8.33. The minimum atomic E-state index is -0.719. The molecule has 0 bridgehead atoms. The van der Waals surface area contributed by atoms with Gasteiger partial charge in [0.1, 0.15) is 6.10 Å². The van der Waals surface area contributed by atoms with Crippen molar-refractivity contribution in [3.8, 4) is 0 Å². The normalized spacial score (nSPS) is 17.8. The number of hydrogen-bond donors (Lipinski definition) is 4. The van der Waals surface area contributed by atoms with Gasteiger partial charge in [0.2, 0.25) is 5.91 Å². The molecule has 0 saturated carbocycles. The predicted molar refractivity (Wildman–Crippen MR) is 129 cm³/mol. The summed E-state index contributed by atoms with van der Waals surface area (Å²) in [5.41, 5.74) is 4.45. The molecular weight excluding hydrogens is 424 g/mol. The summed E-state index contributed by atoms with van der Waals surface area (Å²) in [6.45, 7) is 1.17. The molecule has 1 amide bonds. The van der Waals surface area contributed by atoms with Crippen LogP contribution in [0.1, 0.15) is 76.0 Å². The second kappa shape index (κ2) is 15.4. The third-order valence-electron chi connectivity index (χ3n) is 5.60. The van der Waals surface area contributed by atoms with Crippen LogP contribution in [0.4, 0.5) is 0 Å². The lowest BCUT2D eigenvalue weighted by atomic mass is 10.1. The van der Waals surface area contributed by atoms with E-state index in [9.17, 15) is 14.4 Å². The minimum Gasteiger partial charge on any atom is -0.393 e. The molecule has 0 saturated heterocycles. The quantitative estimate of drug-likeness (QED) is 0.168. The molecule has 0 spiro atoms. The van der Waals surface area contributed by atoms with E-state index in [1.165, 1.54) is 67.9 Å². The lowest BCUT2D eigenvalue weighted by Crippen LogP contribution is -2.33. The summed E-state index contributed by atoms with van der Waals surface area (Å²) in [4.78, 5) is 38.4. The molecule has 0 fully saturated rings. The molecule has 33 heavy (non-hydrogen) atoms. The number of nitrogens with zero attached hydrogens (tertiary/aromatic N) is 1. The van der Waals surface area contributed by atoms with Crippen molar-refractivity contribution >= 4 is 12.0 Å². The molecule has 1 aliphatic rings. The highest BCUT2D eigenvalue weighted by atomic mass is 16.5.